The fourth-order valence-corrected chi connectivity index (χ4v) is 2.00. The summed E-state index contributed by atoms with van der Waals surface area (Å²) in [5.74, 6) is 0. The molecule has 0 saturated carbocycles. The molecule has 0 heterocycles. The molecule has 1 atom stereocenters. The van der Waals surface area contributed by atoms with Crippen molar-refractivity contribution in [1.29, 1.82) is 0 Å². The molecule has 0 spiro atoms. The molecule has 0 aromatic heterocycles. The molecule has 0 radical (unpaired) electrons. The summed E-state index contributed by atoms with van der Waals surface area (Å²) in [4.78, 5) is 10.6. The second-order valence-electron chi connectivity index (χ2n) is 4.55. The molecule has 1 aromatic rings. The molecule has 0 aliphatic carbocycles. The lowest BCUT2D eigenvalue weighted by molar-refractivity contribution is -0.385. The summed E-state index contributed by atoms with van der Waals surface area (Å²) < 4.78 is 0. The predicted octanol–water partition coefficient (Wildman–Crippen LogP) is 3.83. The van der Waals surface area contributed by atoms with Crippen LogP contribution in [0.1, 0.15) is 51.1 Å². The van der Waals surface area contributed by atoms with Gasteiger partial charge in [0.15, 0.2) is 0 Å². The molecule has 1 rings (SSSR count). The van der Waals surface area contributed by atoms with Crippen LogP contribution in [-0.2, 0) is 0 Å². The summed E-state index contributed by atoms with van der Waals surface area (Å²) in [7, 11) is 0. The van der Waals surface area contributed by atoms with Crippen molar-refractivity contribution in [2.24, 2.45) is 0 Å². The van der Waals surface area contributed by atoms with Gasteiger partial charge >= 0.3 is 0 Å². The van der Waals surface area contributed by atoms with Crippen molar-refractivity contribution in [2.75, 3.05) is 6.54 Å². The molecule has 0 aliphatic heterocycles. The number of nitro benzene ring substituents is 1. The molecule has 100 valence electrons. The average molecular weight is 250 g/mol. The fraction of sp³-hybridized carbons (Fsp3) is 0.571. The van der Waals surface area contributed by atoms with Crippen LogP contribution in [0.5, 0.6) is 0 Å². The van der Waals surface area contributed by atoms with Gasteiger partial charge in [-0.3, -0.25) is 10.1 Å². The van der Waals surface area contributed by atoms with Crippen LogP contribution in [0.3, 0.4) is 0 Å². The van der Waals surface area contributed by atoms with Crippen molar-refractivity contribution in [3.63, 3.8) is 0 Å². The van der Waals surface area contributed by atoms with E-state index in [1.807, 2.05) is 19.1 Å². The summed E-state index contributed by atoms with van der Waals surface area (Å²) >= 11 is 0. The average Bonchev–Trinajstić information content (AvgIpc) is 2.38. The molecule has 18 heavy (non-hydrogen) atoms. The van der Waals surface area contributed by atoms with Gasteiger partial charge in [-0.25, -0.2) is 0 Å². The molecular formula is C14H22N2O2. The van der Waals surface area contributed by atoms with E-state index in [2.05, 4.69) is 12.2 Å². The molecule has 1 unspecified atom stereocenters. The van der Waals surface area contributed by atoms with E-state index in [4.69, 9.17) is 0 Å². The minimum absolute atomic E-state index is 0.0215. The van der Waals surface area contributed by atoms with Crippen molar-refractivity contribution in [1.82, 2.24) is 5.32 Å². The van der Waals surface area contributed by atoms with E-state index in [1.165, 1.54) is 19.3 Å². The standard InChI is InChI=1S/C14H22N2O2/c1-3-4-5-8-11-15-12(2)13-9-6-7-10-14(13)16(17)18/h6-7,9-10,12,15H,3-5,8,11H2,1-2H3. The maximum Gasteiger partial charge on any atom is 0.274 e. The van der Waals surface area contributed by atoms with Gasteiger partial charge in [0.2, 0.25) is 0 Å². The first-order valence-electron chi connectivity index (χ1n) is 6.63. The highest BCUT2D eigenvalue weighted by atomic mass is 16.6. The molecular weight excluding hydrogens is 228 g/mol. The number of hydrogen-bond acceptors (Lipinski definition) is 3. The van der Waals surface area contributed by atoms with Gasteiger partial charge in [0, 0.05) is 17.7 Å². The third kappa shape index (κ3) is 4.45. The summed E-state index contributed by atoms with van der Waals surface area (Å²) in [5.41, 5.74) is 0.962. The van der Waals surface area contributed by atoms with Crippen LogP contribution in [0.15, 0.2) is 24.3 Å². The second-order valence-corrected chi connectivity index (χ2v) is 4.55. The fourth-order valence-electron chi connectivity index (χ4n) is 2.00. The largest absolute Gasteiger partial charge is 0.310 e. The Morgan fingerprint density at radius 3 is 2.67 bits per heavy atom. The van der Waals surface area contributed by atoms with Crippen molar-refractivity contribution in [3.8, 4) is 0 Å². The SMILES string of the molecule is CCCCCCNC(C)c1ccccc1[N+](=O)[O-]. The molecule has 0 aliphatic rings. The third-order valence-corrected chi connectivity index (χ3v) is 3.08. The number of para-hydroxylation sites is 1. The van der Waals surface area contributed by atoms with Crippen LogP contribution >= 0.6 is 0 Å². The van der Waals surface area contributed by atoms with Crippen LogP contribution in [-0.4, -0.2) is 11.5 Å². The van der Waals surface area contributed by atoms with Gasteiger partial charge in [-0.15, -0.1) is 0 Å². The molecule has 4 heteroatoms. The Bertz CT molecular complexity index is 380. The number of benzene rings is 1. The first-order valence-corrected chi connectivity index (χ1v) is 6.63. The molecule has 1 aromatic carbocycles. The Balaban J connectivity index is 2.51. The van der Waals surface area contributed by atoms with Crippen LogP contribution in [0.25, 0.3) is 0 Å². The number of nitrogens with zero attached hydrogens (tertiary/aromatic N) is 1. The van der Waals surface area contributed by atoms with Gasteiger partial charge in [-0.2, -0.15) is 0 Å². The van der Waals surface area contributed by atoms with E-state index in [-0.39, 0.29) is 16.7 Å². The maximum absolute atomic E-state index is 10.9. The second kappa shape index (κ2) is 7.82. The van der Waals surface area contributed by atoms with Crippen LogP contribution in [0.4, 0.5) is 5.69 Å². The number of hydrogen-bond donors (Lipinski definition) is 1. The van der Waals surface area contributed by atoms with Gasteiger partial charge in [0.05, 0.1) is 4.92 Å². The van der Waals surface area contributed by atoms with E-state index in [9.17, 15) is 10.1 Å². The lowest BCUT2D eigenvalue weighted by Gasteiger charge is -2.14. The summed E-state index contributed by atoms with van der Waals surface area (Å²) in [5, 5.41) is 14.3. The Labute approximate surface area is 109 Å². The van der Waals surface area contributed by atoms with Gasteiger partial charge in [-0.1, -0.05) is 44.4 Å². The molecule has 0 amide bonds. The van der Waals surface area contributed by atoms with E-state index in [1.54, 1.807) is 12.1 Å². The van der Waals surface area contributed by atoms with E-state index < -0.39 is 0 Å². The van der Waals surface area contributed by atoms with Crippen molar-refractivity contribution in [2.45, 2.75) is 45.6 Å². The molecule has 4 nitrogen and oxygen atoms in total. The highest BCUT2D eigenvalue weighted by Crippen LogP contribution is 2.24. The number of rotatable bonds is 8. The minimum atomic E-state index is -0.315. The Kier molecular flexibility index (Phi) is 6.36. The maximum atomic E-state index is 10.9. The lowest BCUT2D eigenvalue weighted by atomic mass is 10.1. The number of nitrogens with one attached hydrogen (secondary N) is 1. The summed E-state index contributed by atoms with van der Waals surface area (Å²) in [6.45, 7) is 5.07. The first kappa shape index (κ1) is 14.6. The normalized spacial score (nSPS) is 12.3. The first-order chi connectivity index (χ1) is 8.66. The highest BCUT2D eigenvalue weighted by molar-refractivity contribution is 5.41. The van der Waals surface area contributed by atoms with E-state index in [0.29, 0.717) is 0 Å². The molecule has 0 bridgehead atoms. The smallest absolute Gasteiger partial charge is 0.274 e. The Morgan fingerprint density at radius 1 is 1.28 bits per heavy atom. The summed E-state index contributed by atoms with van der Waals surface area (Å²) in [6, 6.07) is 6.95. The van der Waals surface area contributed by atoms with Gasteiger partial charge in [0.1, 0.15) is 0 Å². The van der Waals surface area contributed by atoms with E-state index in [0.717, 1.165) is 18.5 Å². The van der Waals surface area contributed by atoms with Crippen molar-refractivity contribution in [3.05, 3.63) is 39.9 Å². The number of unbranched alkanes of at least 4 members (excludes halogenated alkanes) is 3. The van der Waals surface area contributed by atoms with E-state index >= 15 is 0 Å². The third-order valence-electron chi connectivity index (χ3n) is 3.08. The van der Waals surface area contributed by atoms with Crippen molar-refractivity contribution >= 4 is 5.69 Å². The molecule has 1 N–H and O–H groups in total. The zero-order valence-corrected chi connectivity index (χ0v) is 11.2. The topological polar surface area (TPSA) is 55.2 Å². The van der Waals surface area contributed by atoms with Gasteiger partial charge in [0.25, 0.3) is 5.69 Å². The van der Waals surface area contributed by atoms with Crippen LogP contribution in [0, 0.1) is 10.1 Å². The quantitative estimate of drug-likeness (QED) is 0.433. The number of nitro groups is 1. The van der Waals surface area contributed by atoms with Gasteiger partial charge < -0.3 is 5.32 Å². The summed E-state index contributed by atoms with van der Waals surface area (Å²) in [6.07, 6.45) is 4.81. The van der Waals surface area contributed by atoms with Crippen LogP contribution < -0.4 is 5.32 Å². The highest BCUT2D eigenvalue weighted by Gasteiger charge is 2.17. The minimum Gasteiger partial charge on any atom is -0.310 e. The van der Waals surface area contributed by atoms with Crippen LogP contribution in [0.2, 0.25) is 0 Å². The monoisotopic (exact) mass is 250 g/mol. The zero-order chi connectivity index (χ0) is 13.4. The zero-order valence-electron chi connectivity index (χ0n) is 11.2. The molecule has 0 fully saturated rings. The lowest BCUT2D eigenvalue weighted by Crippen LogP contribution is -2.20. The Morgan fingerprint density at radius 2 is 2.00 bits per heavy atom. The Hall–Kier alpha value is -1.42. The predicted molar refractivity (Wildman–Crippen MR) is 73.7 cm³/mol. The van der Waals surface area contributed by atoms with Crippen molar-refractivity contribution < 1.29 is 4.92 Å². The molecule has 0 saturated heterocycles. The van der Waals surface area contributed by atoms with Gasteiger partial charge in [-0.05, 0) is 19.9 Å².